The van der Waals surface area contributed by atoms with E-state index in [9.17, 15) is 33.2 Å². The van der Waals surface area contributed by atoms with Crippen molar-refractivity contribution in [3.8, 4) is 0 Å². The number of benzene rings is 3. The number of unbranched alkanes of at least 4 members (excludes halogenated alkanes) is 1. The third-order valence-electron chi connectivity index (χ3n) is 9.60. The molecule has 0 saturated heterocycles. The summed E-state index contributed by atoms with van der Waals surface area (Å²) in [6.45, 7) is 8.47. The Morgan fingerprint density at radius 3 is 1.80 bits per heavy atom. The predicted molar refractivity (Wildman–Crippen MR) is 241 cm³/mol. The van der Waals surface area contributed by atoms with Gasteiger partial charge in [-0.1, -0.05) is 99.7 Å². The highest BCUT2D eigenvalue weighted by Crippen LogP contribution is 2.27. The average Bonchev–Trinajstić information content (AvgIpc) is 3.24. The van der Waals surface area contributed by atoms with E-state index in [0.29, 0.717) is 18.0 Å². The molecule has 13 nitrogen and oxygen atoms in total. The van der Waals surface area contributed by atoms with Gasteiger partial charge in [-0.2, -0.15) is 0 Å². The maximum absolute atomic E-state index is 12.7. The van der Waals surface area contributed by atoms with Crippen molar-refractivity contribution < 1.29 is 43.4 Å². The van der Waals surface area contributed by atoms with Crippen LogP contribution in [-0.4, -0.2) is 97.5 Å². The van der Waals surface area contributed by atoms with Crippen LogP contribution in [0, 0.1) is 12.8 Å². The van der Waals surface area contributed by atoms with Gasteiger partial charge in [0, 0.05) is 32.1 Å². The number of carbonyl (C=O) groups is 6. The van der Waals surface area contributed by atoms with Crippen LogP contribution in [0.3, 0.4) is 0 Å². The van der Waals surface area contributed by atoms with Gasteiger partial charge in [0.25, 0.3) is 5.91 Å². The van der Waals surface area contributed by atoms with E-state index < -0.39 is 43.4 Å². The van der Waals surface area contributed by atoms with Gasteiger partial charge in [0.1, 0.15) is 0 Å². The zero-order chi connectivity index (χ0) is 45.7. The Kier molecular flexibility index (Phi) is 26.3. The van der Waals surface area contributed by atoms with Gasteiger partial charge in [-0.3, -0.25) is 33.7 Å². The van der Waals surface area contributed by atoms with Crippen molar-refractivity contribution >= 4 is 57.1 Å². The van der Waals surface area contributed by atoms with E-state index in [0.717, 1.165) is 42.6 Å². The number of carboxylic acid groups (broad SMARTS) is 2. The molecule has 1 saturated carbocycles. The minimum absolute atomic E-state index is 0.145. The fraction of sp³-hybridized carbons (Fsp3) is 0.447. The Morgan fingerprint density at radius 1 is 0.770 bits per heavy atom. The number of fused-ring (bicyclic) bond motifs is 2. The number of amides is 4. The second-order valence-electron chi connectivity index (χ2n) is 14.6. The normalized spacial score (nSPS) is 13.0. The van der Waals surface area contributed by atoms with Crippen LogP contribution in [0.2, 0.25) is 0 Å². The molecule has 3 aromatic carbocycles. The lowest BCUT2D eigenvalue weighted by Gasteiger charge is -2.19. The number of hydrogen-bond acceptors (Lipinski definition) is 7. The lowest BCUT2D eigenvalue weighted by molar-refractivity contribution is -0.142. The molecule has 3 aromatic rings. The van der Waals surface area contributed by atoms with Crippen LogP contribution in [0.25, 0.3) is 21.5 Å². The summed E-state index contributed by atoms with van der Waals surface area (Å²) in [6.07, 6.45) is 13.5. The van der Waals surface area contributed by atoms with E-state index in [4.69, 9.17) is 10.2 Å². The molecule has 334 valence electrons. The first-order valence-corrected chi connectivity index (χ1v) is 20.8. The molecule has 4 rings (SSSR count). The summed E-state index contributed by atoms with van der Waals surface area (Å²) in [6, 6.07) is 19.4. The van der Waals surface area contributed by atoms with Crippen LogP contribution >= 0.6 is 0 Å². The van der Waals surface area contributed by atoms with Crippen LogP contribution in [0.1, 0.15) is 84.6 Å². The van der Waals surface area contributed by atoms with Gasteiger partial charge in [0.2, 0.25) is 17.7 Å². The topological polar surface area (TPSA) is 194 Å². The van der Waals surface area contributed by atoms with Crippen LogP contribution in [-0.2, 0) is 28.8 Å². The number of allylic oxidation sites excluding steroid dienone is 4. The lowest BCUT2D eigenvalue weighted by Crippen LogP contribution is -2.44. The molecule has 0 aliphatic heterocycles. The maximum atomic E-state index is 12.7. The first-order valence-electron chi connectivity index (χ1n) is 20.8. The van der Waals surface area contributed by atoms with E-state index in [-0.39, 0.29) is 24.2 Å². The van der Waals surface area contributed by atoms with Crippen molar-refractivity contribution in [3.05, 3.63) is 95.4 Å². The molecule has 6 N–H and O–H groups in total. The molecule has 0 atom stereocenters. The summed E-state index contributed by atoms with van der Waals surface area (Å²) in [5.41, 5.74) is 2.97. The molecule has 0 unspecified atom stereocenters. The van der Waals surface area contributed by atoms with Gasteiger partial charge >= 0.3 is 11.9 Å². The zero-order valence-corrected chi connectivity index (χ0v) is 36.9. The highest BCUT2D eigenvalue weighted by Gasteiger charge is 2.19. The number of halogens is 1. The van der Waals surface area contributed by atoms with Crippen LogP contribution in [0.5, 0.6) is 0 Å². The molecule has 1 aliphatic rings. The van der Waals surface area contributed by atoms with Crippen molar-refractivity contribution in [1.29, 1.82) is 0 Å². The molecule has 1 aliphatic carbocycles. The first kappa shape index (κ1) is 53.1. The van der Waals surface area contributed by atoms with Gasteiger partial charge in [0.05, 0.1) is 32.0 Å². The van der Waals surface area contributed by atoms with Gasteiger partial charge in [-0.25, -0.2) is 4.39 Å². The highest BCUT2D eigenvalue weighted by molar-refractivity contribution is 6.02. The van der Waals surface area contributed by atoms with Crippen molar-refractivity contribution in [3.63, 3.8) is 0 Å². The van der Waals surface area contributed by atoms with Crippen molar-refractivity contribution in [2.75, 3.05) is 46.8 Å². The summed E-state index contributed by atoms with van der Waals surface area (Å²) in [5.74, 6) is -3.42. The number of likely N-dealkylation sites (N-methyl/N-ethyl adjacent to an activating group) is 1. The smallest absolute Gasteiger partial charge is 0.317 e. The van der Waals surface area contributed by atoms with Gasteiger partial charge in [-0.15, -0.1) is 0 Å². The van der Waals surface area contributed by atoms with Crippen molar-refractivity contribution in [2.24, 2.45) is 5.92 Å². The molecule has 0 aromatic heterocycles. The monoisotopic (exact) mass is 847 g/mol. The Hall–Kier alpha value is -5.89. The third kappa shape index (κ3) is 22.3. The number of nitrogens with zero attached hydrogens (tertiary/aromatic N) is 1. The molecule has 0 bridgehead atoms. The highest BCUT2D eigenvalue weighted by atomic mass is 19.1. The number of rotatable bonds is 16. The Bertz CT molecular complexity index is 1910. The quantitative estimate of drug-likeness (QED) is 0.0381. The summed E-state index contributed by atoms with van der Waals surface area (Å²) in [5, 5.41) is 32.5. The number of carboxylic acids is 2. The standard InChI is InChI=1S/C15H24FNO.C15H12.C9H15N3O6.C8H15NO/c1-5-7-10-17-15(18)14(9-8-13(4)16)11-12(3)6-2;1-11-14-8-4-2-6-12(14)10-13-7-3-5-9-15(11)13;1-10-6(13)2-11-7(14)3-12(4-8(15)16)5-9(17)18;1-9-8(10)7-5-3-2-4-6-7/h8-9,11H,5-7,10H2,1-4H3,(H,17,18);2-10H,1H3;2-5H2,1H3,(H,10,13)(H,11,14)(H,15,16)(H,17,18);7H,2-6H2,1H3,(H,9,10)/b12-11+,13-8+,14-9+;;;. The fourth-order valence-corrected chi connectivity index (χ4v) is 6.13. The molecular formula is C47H66FN5O8. The molecular weight excluding hydrogens is 782 g/mol. The molecule has 0 heterocycles. The zero-order valence-electron chi connectivity index (χ0n) is 36.9. The molecule has 61 heavy (non-hydrogen) atoms. The van der Waals surface area contributed by atoms with Crippen molar-refractivity contribution in [1.82, 2.24) is 26.2 Å². The molecule has 0 spiro atoms. The first-order chi connectivity index (χ1) is 29.1. The number of nitrogens with one attached hydrogen (secondary N) is 4. The maximum Gasteiger partial charge on any atom is 0.317 e. The minimum Gasteiger partial charge on any atom is -0.480 e. The fourth-order valence-electron chi connectivity index (χ4n) is 6.13. The van der Waals surface area contributed by atoms with Crippen LogP contribution in [0.4, 0.5) is 4.39 Å². The summed E-state index contributed by atoms with van der Waals surface area (Å²) < 4.78 is 12.7. The molecule has 1 fully saturated rings. The van der Waals surface area contributed by atoms with Gasteiger partial charge < -0.3 is 31.5 Å². The second kappa shape index (κ2) is 30.2. The second-order valence-corrected chi connectivity index (χ2v) is 14.6. The Morgan fingerprint density at radius 2 is 1.33 bits per heavy atom. The summed E-state index contributed by atoms with van der Waals surface area (Å²) in [4.78, 5) is 67.0. The molecule has 14 heteroatoms. The van der Waals surface area contributed by atoms with Crippen LogP contribution in [0.15, 0.2) is 89.8 Å². The number of hydrogen-bond donors (Lipinski definition) is 6. The van der Waals surface area contributed by atoms with E-state index in [1.54, 1.807) is 13.1 Å². The summed E-state index contributed by atoms with van der Waals surface area (Å²) >= 11 is 0. The van der Waals surface area contributed by atoms with E-state index >= 15 is 0 Å². The van der Waals surface area contributed by atoms with E-state index in [2.05, 4.69) is 89.7 Å². The lowest BCUT2D eigenvalue weighted by atomic mass is 9.89. The number of aliphatic carboxylic acids is 2. The SMILES string of the molecule is CCCCNC(=O)C(/C=C(\C)CC)=C/C=C(\C)F.CNC(=O)C1CCCCC1.CNC(=O)CNC(=O)CN(CC(=O)O)CC(=O)O.Cc1c2ccccc2cc2ccccc12. The van der Waals surface area contributed by atoms with E-state index in [1.807, 2.05) is 13.8 Å². The van der Waals surface area contributed by atoms with E-state index in [1.165, 1.54) is 72.5 Å². The average molecular weight is 848 g/mol. The third-order valence-corrected chi connectivity index (χ3v) is 9.60. The Labute approximate surface area is 359 Å². The largest absolute Gasteiger partial charge is 0.480 e. The molecule has 0 radical (unpaired) electrons. The Balaban J connectivity index is 0.000000414. The van der Waals surface area contributed by atoms with Crippen LogP contribution < -0.4 is 21.3 Å². The number of aryl methyl sites for hydroxylation is 1. The predicted octanol–water partition coefficient (Wildman–Crippen LogP) is 6.99. The van der Waals surface area contributed by atoms with Crippen molar-refractivity contribution in [2.45, 2.75) is 86.0 Å². The van der Waals surface area contributed by atoms with Gasteiger partial charge in [0.15, 0.2) is 0 Å². The minimum atomic E-state index is -1.24. The molecule has 4 amide bonds. The number of carbonyl (C=O) groups excluding carboxylic acids is 4. The summed E-state index contributed by atoms with van der Waals surface area (Å²) in [7, 11) is 3.12. The van der Waals surface area contributed by atoms with Gasteiger partial charge in [-0.05, 0) is 91.8 Å².